The fourth-order valence-corrected chi connectivity index (χ4v) is 8.67. The van der Waals surface area contributed by atoms with E-state index in [9.17, 15) is 4.79 Å². The number of rotatable bonds is 8. The lowest BCUT2D eigenvalue weighted by Gasteiger charge is -2.17. The summed E-state index contributed by atoms with van der Waals surface area (Å²) in [5.74, 6) is 1.08. The van der Waals surface area contributed by atoms with Gasteiger partial charge in [0.25, 0.3) is 0 Å². The van der Waals surface area contributed by atoms with Crippen LogP contribution in [0.4, 0.5) is 11.5 Å². The third-order valence-electron chi connectivity index (χ3n) is 11.3. The van der Waals surface area contributed by atoms with Crippen LogP contribution >= 0.6 is 0 Å². The van der Waals surface area contributed by atoms with E-state index in [1.807, 2.05) is 85.1 Å². The molecule has 0 radical (unpaired) electrons. The molecule has 59 heavy (non-hydrogen) atoms. The van der Waals surface area contributed by atoms with E-state index in [1.54, 1.807) is 0 Å². The molecule has 0 spiro atoms. The van der Waals surface area contributed by atoms with Gasteiger partial charge in [0.2, 0.25) is 5.95 Å². The van der Waals surface area contributed by atoms with Crippen LogP contribution in [0.15, 0.2) is 200 Å². The van der Waals surface area contributed by atoms with Crippen molar-refractivity contribution in [2.24, 2.45) is 0 Å². The number of nitrogens with one attached hydrogen (secondary N) is 1. The van der Waals surface area contributed by atoms with Gasteiger partial charge in [0.15, 0.2) is 6.29 Å². The molecule has 11 rings (SSSR count). The summed E-state index contributed by atoms with van der Waals surface area (Å²) in [5, 5.41) is 8.21. The lowest BCUT2D eigenvalue weighted by Crippen LogP contribution is -2.07. The van der Waals surface area contributed by atoms with Crippen molar-refractivity contribution in [3.8, 4) is 45.0 Å². The van der Waals surface area contributed by atoms with Crippen molar-refractivity contribution in [2.75, 3.05) is 5.32 Å². The summed E-state index contributed by atoms with van der Waals surface area (Å²) in [6.07, 6.45) is 2.80. The Hall–Kier alpha value is -8.09. The molecule has 0 amide bonds. The Bertz CT molecular complexity index is 3370. The molecule has 278 valence electrons. The quantitative estimate of drug-likeness (QED) is 0.157. The summed E-state index contributed by atoms with van der Waals surface area (Å²) in [7, 11) is 0. The summed E-state index contributed by atoms with van der Waals surface area (Å²) in [6.45, 7) is 0. The molecule has 6 nitrogen and oxygen atoms in total. The fourth-order valence-electron chi connectivity index (χ4n) is 8.67. The van der Waals surface area contributed by atoms with Gasteiger partial charge in [-0.2, -0.15) is 4.98 Å². The summed E-state index contributed by atoms with van der Waals surface area (Å²) in [5.41, 5.74) is 12.1. The van der Waals surface area contributed by atoms with Crippen molar-refractivity contribution in [1.82, 2.24) is 19.1 Å². The highest BCUT2D eigenvalue weighted by Crippen LogP contribution is 2.42. The molecule has 0 unspecified atom stereocenters. The molecule has 0 fully saturated rings. The molecule has 0 atom stereocenters. The number of fused-ring (bicyclic) bond motifs is 7. The van der Waals surface area contributed by atoms with Crippen molar-refractivity contribution in [3.05, 3.63) is 206 Å². The molecule has 0 bridgehead atoms. The molecule has 0 aliphatic rings. The number of anilines is 2. The summed E-state index contributed by atoms with van der Waals surface area (Å²) < 4.78 is 4.55. The fraction of sp³-hybridized carbons (Fsp3) is 0. The van der Waals surface area contributed by atoms with Crippen LogP contribution in [0, 0.1) is 0 Å². The third-order valence-corrected chi connectivity index (χ3v) is 11.3. The lowest BCUT2D eigenvalue weighted by atomic mass is 9.93. The third kappa shape index (κ3) is 5.69. The molecular weight excluding hydrogens is 723 g/mol. The van der Waals surface area contributed by atoms with Gasteiger partial charge < -0.3 is 9.88 Å². The van der Waals surface area contributed by atoms with E-state index in [2.05, 4.69) is 130 Å². The molecule has 11 aromatic rings. The van der Waals surface area contributed by atoms with Gasteiger partial charge in [-0.05, 0) is 64.2 Å². The van der Waals surface area contributed by atoms with E-state index in [4.69, 9.17) is 9.97 Å². The average Bonchev–Trinajstić information content (AvgIpc) is 3.83. The number of aromatic nitrogens is 4. The minimum Gasteiger partial charge on any atom is -0.340 e. The van der Waals surface area contributed by atoms with Crippen molar-refractivity contribution >= 4 is 61.4 Å². The first-order valence-corrected chi connectivity index (χ1v) is 19.7. The molecule has 0 saturated heterocycles. The van der Waals surface area contributed by atoms with Gasteiger partial charge in [0, 0.05) is 50.2 Å². The Morgan fingerprint density at radius 3 is 1.71 bits per heavy atom. The van der Waals surface area contributed by atoms with E-state index in [0.717, 1.165) is 83.7 Å². The largest absolute Gasteiger partial charge is 0.340 e. The molecule has 8 aromatic carbocycles. The van der Waals surface area contributed by atoms with Crippen LogP contribution in [0.3, 0.4) is 0 Å². The highest BCUT2D eigenvalue weighted by molar-refractivity contribution is 6.23. The maximum Gasteiger partial charge on any atom is 0.236 e. The standard InChI is InChI=1S/C53H35N5O/c59-34-47-40(36-18-6-2-7-19-36)26-15-27-41(47)46-33-54-53(56-52(46)55-38-21-14-20-37(32-38)35-16-4-1-5-17-35)58-49-29-13-11-25-43(49)45-31-30-44-42-24-10-12-28-48(42)57(50(44)51(45)58)39-22-8-3-9-23-39/h1-34H,(H,54,55,56). The monoisotopic (exact) mass is 757 g/mol. The van der Waals surface area contributed by atoms with Crippen molar-refractivity contribution in [1.29, 1.82) is 0 Å². The van der Waals surface area contributed by atoms with Crippen LogP contribution in [-0.2, 0) is 0 Å². The number of hydrogen-bond acceptors (Lipinski definition) is 4. The lowest BCUT2D eigenvalue weighted by molar-refractivity contribution is 0.112. The van der Waals surface area contributed by atoms with Crippen LogP contribution in [0.2, 0.25) is 0 Å². The Morgan fingerprint density at radius 2 is 1.02 bits per heavy atom. The van der Waals surface area contributed by atoms with Crippen molar-refractivity contribution in [3.63, 3.8) is 0 Å². The summed E-state index contributed by atoms with van der Waals surface area (Å²) >= 11 is 0. The first kappa shape index (κ1) is 34.2. The van der Waals surface area contributed by atoms with E-state index < -0.39 is 0 Å². The number of nitrogens with zero attached hydrogens (tertiary/aromatic N) is 4. The van der Waals surface area contributed by atoms with Gasteiger partial charge in [-0.25, -0.2) is 4.98 Å². The van der Waals surface area contributed by atoms with Crippen LogP contribution < -0.4 is 5.32 Å². The zero-order valence-electron chi connectivity index (χ0n) is 31.8. The van der Waals surface area contributed by atoms with E-state index in [0.29, 0.717) is 22.9 Å². The first-order valence-electron chi connectivity index (χ1n) is 19.7. The van der Waals surface area contributed by atoms with Gasteiger partial charge in [0.1, 0.15) is 5.82 Å². The second-order valence-electron chi connectivity index (χ2n) is 14.7. The van der Waals surface area contributed by atoms with Crippen LogP contribution in [0.25, 0.3) is 88.6 Å². The molecule has 3 heterocycles. The van der Waals surface area contributed by atoms with Crippen molar-refractivity contribution in [2.45, 2.75) is 0 Å². The molecule has 0 aliphatic carbocycles. The zero-order valence-corrected chi connectivity index (χ0v) is 31.8. The molecule has 0 saturated carbocycles. The van der Waals surface area contributed by atoms with E-state index in [-0.39, 0.29) is 0 Å². The van der Waals surface area contributed by atoms with E-state index in [1.165, 1.54) is 5.39 Å². The van der Waals surface area contributed by atoms with Crippen LogP contribution in [0.1, 0.15) is 10.4 Å². The minimum atomic E-state index is 0.505. The molecule has 1 N–H and O–H groups in total. The Balaban J connectivity index is 1.20. The zero-order chi connectivity index (χ0) is 39.3. The van der Waals surface area contributed by atoms with Gasteiger partial charge >= 0.3 is 0 Å². The topological polar surface area (TPSA) is 64.7 Å². The van der Waals surface area contributed by atoms with Crippen molar-refractivity contribution < 1.29 is 4.79 Å². The number of carbonyl (C=O) groups is 1. The Morgan fingerprint density at radius 1 is 0.458 bits per heavy atom. The van der Waals surface area contributed by atoms with Gasteiger partial charge in [-0.1, -0.05) is 158 Å². The Kier molecular flexibility index (Phi) is 8.19. The minimum absolute atomic E-state index is 0.505. The molecule has 6 heteroatoms. The smallest absolute Gasteiger partial charge is 0.236 e. The molecule has 0 aliphatic heterocycles. The van der Waals surface area contributed by atoms with Crippen LogP contribution in [0.5, 0.6) is 0 Å². The highest BCUT2D eigenvalue weighted by atomic mass is 16.1. The van der Waals surface area contributed by atoms with Gasteiger partial charge in [-0.15, -0.1) is 0 Å². The number of carbonyl (C=O) groups excluding carboxylic acids is 1. The molecule has 3 aromatic heterocycles. The number of hydrogen-bond donors (Lipinski definition) is 1. The molecular formula is C53H35N5O. The summed E-state index contributed by atoms with van der Waals surface area (Å²) in [6, 6.07) is 66.7. The predicted octanol–water partition coefficient (Wildman–Crippen LogP) is 13.2. The van der Waals surface area contributed by atoms with Crippen LogP contribution in [-0.4, -0.2) is 25.4 Å². The highest BCUT2D eigenvalue weighted by Gasteiger charge is 2.24. The maximum absolute atomic E-state index is 13.1. The second kappa shape index (κ2) is 14.1. The number of para-hydroxylation sites is 3. The number of aldehydes is 1. The summed E-state index contributed by atoms with van der Waals surface area (Å²) in [4.78, 5) is 23.7. The predicted molar refractivity (Wildman–Crippen MR) is 242 cm³/mol. The maximum atomic E-state index is 13.1. The van der Waals surface area contributed by atoms with Gasteiger partial charge in [-0.3, -0.25) is 9.36 Å². The van der Waals surface area contributed by atoms with Gasteiger partial charge in [0.05, 0.1) is 22.1 Å². The Labute approximate surface area is 340 Å². The van der Waals surface area contributed by atoms with E-state index >= 15 is 0 Å². The average molecular weight is 758 g/mol. The normalized spacial score (nSPS) is 11.5. The number of benzene rings is 8. The first-order chi connectivity index (χ1) is 29.2. The second-order valence-corrected chi connectivity index (χ2v) is 14.7. The SMILES string of the molecule is O=Cc1c(-c2ccccc2)cccc1-c1cnc(-n2c3ccccc3c3ccc4c5ccccc5n(-c5ccccc5)c4c32)nc1Nc1cccc(-c2ccccc2)c1.